The lowest BCUT2D eigenvalue weighted by atomic mass is 9.78. The van der Waals surface area contributed by atoms with Crippen molar-refractivity contribution in [2.24, 2.45) is 0 Å². The van der Waals surface area contributed by atoms with Gasteiger partial charge < -0.3 is 19.5 Å². The molecule has 0 radical (unpaired) electrons. The van der Waals surface area contributed by atoms with Crippen LogP contribution in [0.3, 0.4) is 0 Å². The number of hydrogen-bond acceptors (Lipinski definition) is 7. The molecule has 1 atom stereocenters. The third-order valence-corrected chi connectivity index (χ3v) is 6.46. The zero-order valence-electron chi connectivity index (χ0n) is 23.4. The number of fused-ring (bicyclic) bond motifs is 1. The Hall–Kier alpha value is -3.89. The van der Waals surface area contributed by atoms with Crippen molar-refractivity contribution in [3.05, 3.63) is 58.1 Å². The molecule has 216 valence electrons. The molecule has 0 aromatic heterocycles. The number of amidine groups is 1. The smallest absolute Gasteiger partial charge is 0.491 e. The molecule has 0 saturated carbocycles. The number of ether oxygens (including phenoxy) is 2. The van der Waals surface area contributed by atoms with Gasteiger partial charge in [-0.15, -0.1) is 0 Å². The summed E-state index contributed by atoms with van der Waals surface area (Å²) < 4.78 is 46.2. The van der Waals surface area contributed by atoms with Crippen molar-refractivity contribution < 1.29 is 42.1 Å². The maximum Gasteiger partial charge on any atom is 0.491 e. The van der Waals surface area contributed by atoms with Crippen LogP contribution in [0.1, 0.15) is 81.1 Å². The molecule has 3 rings (SSSR count). The lowest BCUT2D eigenvalue weighted by Crippen LogP contribution is -2.34. The fourth-order valence-electron chi connectivity index (χ4n) is 4.28. The van der Waals surface area contributed by atoms with Crippen LogP contribution in [0.15, 0.2) is 30.3 Å². The van der Waals surface area contributed by atoms with E-state index in [9.17, 15) is 32.7 Å². The van der Waals surface area contributed by atoms with E-state index in [0.717, 1.165) is 6.92 Å². The molecule has 1 aliphatic heterocycles. The van der Waals surface area contributed by atoms with Gasteiger partial charge in [-0.1, -0.05) is 41.5 Å². The number of nitrogens with zero attached hydrogens (tertiary/aromatic N) is 1. The number of ketones is 1. The molecular formula is C29H33F3N2O6. The number of esters is 2. The topological polar surface area (TPSA) is 117 Å². The van der Waals surface area contributed by atoms with E-state index >= 15 is 0 Å². The van der Waals surface area contributed by atoms with Crippen molar-refractivity contribution in [2.45, 2.75) is 78.1 Å². The molecule has 0 bridgehead atoms. The lowest BCUT2D eigenvalue weighted by molar-refractivity contribution is -0.203. The molecule has 1 aliphatic rings. The first kappa shape index (κ1) is 30.6. The van der Waals surface area contributed by atoms with Crippen LogP contribution in [-0.2, 0) is 31.7 Å². The summed E-state index contributed by atoms with van der Waals surface area (Å²) in [6.07, 6.45) is -6.82. The fourth-order valence-corrected chi connectivity index (χ4v) is 4.28. The highest BCUT2D eigenvalue weighted by atomic mass is 19.4. The van der Waals surface area contributed by atoms with Crippen LogP contribution in [0.25, 0.3) is 0 Å². The van der Waals surface area contributed by atoms with E-state index in [1.54, 1.807) is 23.1 Å². The van der Waals surface area contributed by atoms with Gasteiger partial charge in [0, 0.05) is 28.8 Å². The summed E-state index contributed by atoms with van der Waals surface area (Å²) in [6, 6.07) is 7.87. The van der Waals surface area contributed by atoms with E-state index in [-0.39, 0.29) is 36.2 Å². The first-order valence-electron chi connectivity index (χ1n) is 12.6. The van der Waals surface area contributed by atoms with Crippen LogP contribution < -0.4 is 4.74 Å². The van der Waals surface area contributed by atoms with Gasteiger partial charge in [-0.2, -0.15) is 13.2 Å². The molecule has 2 N–H and O–H groups in total. The summed E-state index contributed by atoms with van der Waals surface area (Å²) in [5.41, 5.74) is 2.01. The second kappa shape index (κ2) is 10.6. The number of alkyl halides is 3. The summed E-state index contributed by atoms with van der Waals surface area (Å²) in [7, 11) is 0. The monoisotopic (exact) mass is 562 g/mol. The average Bonchev–Trinajstić information content (AvgIpc) is 3.11. The zero-order valence-corrected chi connectivity index (χ0v) is 23.4. The maximum atomic E-state index is 13.4. The minimum atomic E-state index is -5.31. The number of hydrogen-bond donors (Lipinski definition) is 2. The molecule has 0 fully saturated rings. The SMILES string of the molecule is CC(Oc1ccc2c(c1)CN(CC(=O)c1cc(C(C)(C)C)c(O)c(C(C)(C)C)c1)C2=N)C(=O)OC(=O)C(F)(F)F. The van der Waals surface area contributed by atoms with E-state index in [1.807, 2.05) is 41.5 Å². The Morgan fingerprint density at radius 2 is 1.55 bits per heavy atom. The molecule has 1 heterocycles. The van der Waals surface area contributed by atoms with Crippen LogP contribution in [-0.4, -0.2) is 52.4 Å². The van der Waals surface area contributed by atoms with Crippen molar-refractivity contribution in [1.29, 1.82) is 5.41 Å². The fraction of sp³-hybridized carbons (Fsp3) is 0.448. The minimum Gasteiger partial charge on any atom is -0.507 e. The number of carbonyl (C=O) groups is 3. The summed E-state index contributed by atoms with van der Waals surface area (Å²) in [5.74, 6) is -3.99. The van der Waals surface area contributed by atoms with Crippen molar-refractivity contribution in [1.82, 2.24) is 4.90 Å². The Morgan fingerprint density at radius 1 is 1.00 bits per heavy atom. The summed E-state index contributed by atoms with van der Waals surface area (Å²) >= 11 is 0. The Balaban J connectivity index is 1.77. The second-order valence-electron chi connectivity index (χ2n) is 11.8. The van der Waals surface area contributed by atoms with Crippen LogP contribution in [0.5, 0.6) is 11.5 Å². The van der Waals surface area contributed by atoms with Crippen molar-refractivity contribution in [3.63, 3.8) is 0 Å². The van der Waals surface area contributed by atoms with E-state index < -0.39 is 35.0 Å². The van der Waals surface area contributed by atoms with Gasteiger partial charge in [0.05, 0.1) is 6.54 Å². The molecule has 11 heteroatoms. The summed E-state index contributed by atoms with van der Waals surface area (Å²) in [5, 5.41) is 19.5. The Bertz CT molecular complexity index is 1330. The first-order valence-corrected chi connectivity index (χ1v) is 12.6. The Kier molecular flexibility index (Phi) is 8.11. The van der Waals surface area contributed by atoms with Gasteiger partial charge in [-0.05, 0) is 53.6 Å². The first-order chi connectivity index (χ1) is 18.2. The normalized spacial score (nSPS) is 14.6. The summed E-state index contributed by atoms with van der Waals surface area (Å²) in [4.78, 5) is 37.7. The molecule has 0 aliphatic carbocycles. The second-order valence-corrected chi connectivity index (χ2v) is 11.8. The van der Waals surface area contributed by atoms with Gasteiger partial charge >= 0.3 is 18.1 Å². The van der Waals surface area contributed by atoms with Crippen LogP contribution in [0, 0.1) is 5.41 Å². The number of aromatic hydroxyl groups is 1. The van der Waals surface area contributed by atoms with Crippen molar-refractivity contribution in [2.75, 3.05) is 6.54 Å². The number of halogens is 3. The van der Waals surface area contributed by atoms with E-state index in [4.69, 9.17) is 10.1 Å². The number of nitrogens with one attached hydrogen (secondary N) is 1. The Labute approximate surface area is 230 Å². The van der Waals surface area contributed by atoms with Gasteiger partial charge in [-0.3, -0.25) is 10.2 Å². The number of benzene rings is 2. The third kappa shape index (κ3) is 6.63. The molecule has 2 aromatic carbocycles. The molecule has 2 aromatic rings. The number of rotatable bonds is 6. The molecule has 0 spiro atoms. The molecule has 8 nitrogen and oxygen atoms in total. The van der Waals surface area contributed by atoms with Gasteiger partial charge in [0.1, 0.15) is 17.3 Å². The van der Waals surface area contributed by atoms with Crippen molar-refractivity contribution in [3.8, 4) is 11.5 Å². The Morgan fingerprint density at radius 3 is 2.05 bits per heavy atom. The van der Waals surface area contributed by atoms with E-state index in [1.165, 1.54) is 12.1 Å². The van der Waals surface area contributed by atoms with Gasteiger partial charge in [0.2, 0.25) is 0 Å². The largest absolute Gasteiger partial charge is 0.507 e. The number of Topliss-reactive ketones (excluding diaryl/α,β-unsaturated/α-hetero) is 1. The number of phenols is 1. The molecular weight excluding hydrogens is 529 g/mol. The third-order valence-electron chi connectivity index (χ3n) is 6.46. The van der Waals surface area contributed by atoms with Gasteiger partial charge in [0.25, 0.3) is 0 Å². The maximum absolute atomic E-state index is 13.4. The predicted octanol–water partition coefficient (Wildman–Crippen LogP) is 5.41. The quantitative estimate of drug-likeness (QED) is 0.275. The van der Waals surface area contributed by atoms with E-state index in [2.05, 4.69) is 4.74 Å². The predicted molar refractivity (Wildman–Crippen MR) is 141 cm³/mol. The molecule has 0 saturated heterocycles. The zero-order chi connectivity index (χ0) is 30.4. The molecule has 40 heavy (non-hydrogen) atoms. The lowest BCUT2D eigenvalue weighted by Gasteiger charge is -2.28. The minimum absolute atomic E-state index is 0.101. The highest BCUT2D eigenvalue weighted by Gasteiger charge is 2.43. The average molecular weight is 563 g/mol. The number of phenolic OH excluding ortho intramolecular Hbond substituents is 1. The van der Waals surface area contributed by atoms with Crippen LogP contribution >= 0.6 is 0 Å². The highest BCUT2D eigenvalue weighted by Crippen LogP contribution is 2.40. The van der Waals surface area contributed by atoms with Crippen LogP contribution in [0.4, 0.5) is 13.2 Å². The van der Waals surface area contributed by atoms with Crippen molar-refractivity contribution >= 4 is 23.6 Å². The molecule has 1 unspecified atom stereocenters. The van der Waals surface area contributed by atoms with Gasteiger partial charge in [-0.25, -0.2) is 9.59 Å². The van der Waals surface area contributed by atoms with Crippen LogP contribution in [0.2, 0.25) is 0 Å². The van der Waals surface area contributed by atoms with Gasteiger partial charge in [0.15, 0.2) is 11.9 Å². The molecule has 0 amide bonds. The standard InChI is InChI=1S/C29H33F3N2O6/c1-15(25(37)40-26(38)29(30,31)32)39-18-8-9-19-17(10-18)13-34(24(19)33)14-22(35)16-11-20(27(2,3)4)23(36)21(12-16)28(5,6)7/h8-12,15,33,36H,13-14H2,1-7H3. The number of carbonyl (C=O) groups excluding carboxylic acids is 3. The summed E-state index contributed by atoms with van der Waals surface area (Å²) in [6.45, 7) is 12.9. The highest BCUT2D eigenvalue weighted by molar-refractivity contribution is 6.05. The van der Waals surface area contributed by atoms with E-state index in [0.29, 0.717) is 27.8 Å².